The Kier molecular flexibility index (Phi) is 8.16. The van der Waals surface area contributed by atoms with Gasteiger partial charge in [-0.2, -0.15) is 0 Å². The minimum Gasteiger partial charge on any atom is -0.507 e. The lowest BCUT2D eigenvalue weighted by molar-refractivity contribution is -0.132. The minimum atomic E-state index is -0.647. The molecule has 0 atom stereocenters. The van der Waals surface area contributed by atoms with Crippen LogP contribution in [0.2, 0.25) is 0 Å². The van der Waals surface area contributed by atoms with Crippen LogP contribution in [0.25, 0.3) is 0 Å². The molecule has 0 fully saturated rings. The Bertz CT molecular complexity index is 851. The summed E-state index contributed by atoms with van der Waals surface area (Å²) in [4.78, 5) is 35.7. The maximum Gasteiger partial charge on any atom is 0.308 e. The summed E-state index contributed by atoms with van der Waals surface area (Å²) in [6.07, 6.45) is 4.22. The number of benzene rings is 1. The van der Waals surface area contributed by atoms with E-state index in [4.69, 9.17) is 9.47 Å². The zero-order chi connectivity index (χ0) is 21.6. The van der Waals surface area contributed by atoms with Gasteiger partial charge in [-0.3, -0.25) is 14.4 Å². The number of rotatable bonds is 7. The third kappa shape index (κ3) is 6.08. The maximum absolute atomic E-state index is 12.3. The number of aromatic hydroxyl groups is 1. The second-order valence-electron chi connectivity index (χ2n) is 7.05. The minimum absolute atomic E-state index is 0.0767. The van der Waals surface area contributed by atoms with Gasteiger partial charge in [0.1, 0.15) is 17.1 Å². The van der Waals surface area contributed by atoms with Gasteiger partial charge in [-0.25, -0.2) is 0 Å². The van der Waals surface area contributed by atoms with E-state index in [1.165, 1.54) is 20.8 Å². The number of Topliss-reactive ketones (excluding diaryl/α,β-unsaturated/α-hetero) is 1. The smallest absolute Gasteiger partial charge is 0.308 e. The Morgan fingerprint density at radius 1 is 0.750 bits per heavy atom. The molecule has 1 aromatic rings. The van der Waals surface area contributed by atoms with Crippen molar-refractivity contribution in [1.82, 2.24) is 0 Å². The molecule has 0 aliphatic rings. The highest BCUT2D eigenvalue weighted by molar-refractivity contribution is 6.02. The summed E-state index contributed by atoms with van der Waals surface area (Å²) in [6, 6.07) is 0. The molecular formula is C22H28O6. The van der Waals surface area contributed by atoms with Crippen LogP contribution in [0.15, 0.2) is 23.3 Å². The van der Waals surface area contributed by atoms with Crippen LogP contribution in [0.3, 0.4) is 0 Å². The molecule has 0 saturated carbocycles. The van der Waals surface area contributed by atoms with Crippen LogP contribution >= 0.6 is 0 Å². The zero-order valence-electron chi connectivity index (χ0n) is 17.6. The molecular weight excluding hydrogens is 360 g/mol. The first-order valence-electron chi connectivity index (χ1n) is 9.00. The van der Waals surface area contributed by atoms with Gasteiger partial charge in [0.15, 0.2) is 11.5 Å². The van der Waals surface area contributed by atoms with Gasteiger partial charge in [-0.15, -0.1) is 0 Å². The largest absolute Gasteiger partial charge is 0.507 e. The van der Waals surface area contributed by atoms with Gasteiger partial charge in [0, 0.05) is 25.0 Å². The summed E-state index contributed by atoms with van der Waals surface area (Å²) in [5.41, 5.74) is 2.56. The van der Waals surface area contributed by atoms with E-state index >= 15 is 0 Å². The molecule has 1 aromatic carbocycles. The Labute approximate surface area is 165 Å². The van der Waals surface area contributed by atoms with E-state index in [0.29, 0.717) is 11.1 Å². The summed E-state index contributed by atoms with van der Waals surface area (Å²) in [5, 5.41) is 10.8. The number of allylic oxidation sites excluding steroid dienone is 4. The zero-order valence-corrected chi connectivity index (χ0v) is 17.6. The average molecular weight is 388 g/mol. The van der Waals surface area contributed by atoms with Gasteiger partial charge in [-0.05, 0) is 47.5 Å². The van der Waals surface area contributed by atoms with Gasteiger partial charge >= 0.3 is 11.9 Å². The first-order valence-corrected chi connectivity index (χ1v) is 9.00. The van der Waals surface area contributed by atoms with Gasteiger partial charge < -0.3 is 14.6 Å². The number of phenols is 1. The van der Waals surface area contributed by atoms with Crippen LogP contribution in [0.5, 0.6) is 17.2 Å². The van der Waals surface area contributed by atoms with Crippen LogP contribution in [0.4, 0.5) is 0 Å². The first kappa shape index (κ1) is 23.1. The summed E-state index contributed by atoms with van der Waals surface area (Å²) in [6.45, 7) is 11.3. The highest BCUT2D eigenvalue weighted by Crippen LogP contribution is 2.44. The number of carbonyl (C=O) groups excluding carboxylic acids is 3. The Morgan fingerprint density at radius 3 is 1.57 bits per heavy atom. The number of esters is 2. The van der Waals surface area contributed by atoms with Crippen molar-refractivity contribution in [2.24, 2.45) is 0 Å². The normalized spacial score (nSPS) is 10.1. The fourth-order valence-corrected chi connectivity index (χ4v) is 2.64. The molecule has 0 heterocycles. The molecule has 152 valence electrons. The van der Waals surface area contributed by atoms with Crippen molar-refractivity contribution in [1.29, 1.82) is 0 Å². The molecule has 0 aromatic heterocycles. The molecule has 0 aliphatic carbocycles. The van der Waals surface area contributed by atoms with E-state index in [0.717, 1.165) is 11.1 Å². The number of hydrogen-bond acceptors (Lipinski definition) is 6. The third-order valence-electron chi connectivity index (χ3n) is 3.84. The van der Waals surface area contributed by atoms with Crippen molar-refractivity contribution in [2.45, 2.75) is 61.3 Å². The number of ether oxygens (including phenoxy) is 2. The van der Waals surface area contributed by atoms with Crippen molar-refractivity contribution in [2.75, 3.05) is 0 Å². The standard InChI is InChI=1S/C22H28O6/c1-12(2)8-10-17-20(26)19(14(5)23)22(28-16(7)25)18(11-9-13(3)4)21(17)27-15(6)24/h8-9,26H,10-11H2,1-7H3. The van der Waals surface area contributed by atoms with Crippen LogP contribution in [0.1, 0.15) is 70.0 Å². The van der Waals surface area contributed by atoms with Gasteiger partial charge in [0.25, 0.3) is 0 Å². The average Bonchev–Trinajstić information content (AvgIpc) is 2.52. The van der Waals surface area contributed by atoms with Gasteiger partial charge in [0.05, 0.1) is 0 Å². The molecule has 0 spiro atoms. The lowest BCUT2D eigenvalue weighted by Gasteiger charge is -2.21. The molecule has 1 N–H and O–H groups in total. The number of ketones is 1. The Morgan fingerprint density at radius 2 is 1.18 bits per heavy atom. The van der Waals surface area contributed by atoms with Crippen molar-refractivity contribution in [3.63, 3.8) is 0 Å². The fraction of sp³-hybridized carbons (Fsp3) is 0.409. The van der Waals surface area contributed by atoms with Crippen molar-refractivity contribution < 1.29 is 29.0 Å². The molecule has 0 unspecified atom stereocenters. The second kappa shape index (κ2) is 9.88. The molecule has 1 rings (SSSR count). The second-order valence-corrected chi connectivity index (χ2v) is 7.05. The summed E-state index contributed by atoms with van der Waals surface area (Å²) in [5.74, 6) is -2.00. The van der Waals surface area contributed by atoms with E-state index in [-0.39, 0.29) is 35.7 Å². The summed E-state index contributed by atoms with van der Waals surface area (Å²) >= 11 is 0. The quantitative estimate of drug-likeness (QED) is 0.321. The van der Waals surface area contributed by atoms with Crippen molar-refractivity contribution in [3.05, 3.63) is 40.0 Å². The number of hydrogen-bond donors (Lipinski definition) is 1. The van der Waals surface area contributed by atoms with E-state index in [2.05, 4.69) is 0 Å². The van der Waals surface area contributed by atoms with E-state index in [1.807, 2.05) is 39.8 Å². The molecule has 0 bridgehead atoms. The van der Waals surface area contributed by atoms with E-state index in [1.54, 1.807) is 0 Å². The first-order chi connectivity index (χ1) is 13.0. The number of phenolic OH excluding ortho intramolecular Hbond substituents is 1. The topological polar surface area (TPSA) is 89.9 Å². The Balaban J connectivity index is 4.00. The molecule has 0 radical (unpaired) electrons. The summed E-state index contributed by atoms with van der Waals surface area (Å²) < 4.78 is 10.7. The van der Waals surface area contributed by atoms with Crippen molar-refractivity contribution in [3.8, 4) is 17.2 Å². The lowest BCUT2D eigenvalue weighted by Crippen LogP contribution is -2.14. The van der Waals surface area contributed by atoms with E-state index < -0.39 is 17.7 Å². The maximum atomic E-state index is 12.3. The number of carbonyl (C=O) groups is 3. The van der Waals surface area contributed by atoms with E-state index in [9.17, 15) is 19.5 Å². The van der Waals surface area contributed by atoms with Gasteiger partial charge in [-0.1, -0.05) is 23.3 Å². The highest BCUT2D eigenvalue weighted by atomic mass is 16.5. The third-order valence-corrected chi connectivity index (χ3v) is 3.84. The highest BCUT2D eigenvalue weighted by Gasteiger charge is 2.29. The molecule has 28 heavy (non-hydrogen) atoms. The molecule has 0 aliphatic heterocycles. The molecule has 0 saturated heterocycles. The van der Waals surface area contributed by atoms with Crippen molar-refractivity contribution >= 4 is 17.7 Å². The SMILES string of the molecule is CC(=O)Oc1c(CC=C(C)C)c(O)c(C(C)=O)c(OC(C)=O)c1CC=C(C)C. The van der Waals surface area contributed by atoms with Crippen LogP contribution in [0, 0.1) is 0 Å². The van der Waals surface area contributed by atoms with Gasteiger partial charge in [0.2, 0.25) is 0 Å². The fourth-order valence-electron chi connectivity index (χ4n) is 2.64. The predicted molar refractivity (Wildman–Crippen MR) is 107 cm³/mol. The van der Waals surface area contributed by atoms with Crippen LogP contribution < -0.4 is 9.47 Å². The predicted octanol–water partition coefficient (Wildman–Crippen LogP) is 4.46. The Hall–Kier alpha value is -2.89. The summed E-state index contributed by atoms with van der Waals surface area (Å²) in [7, 11) is 0. The van der Waals surface area contributed by atoms with Crippen LogP contribution in [-0.4, -0.2) is 22.8 Å². The molecule has 6 nitrogen and oxygen atoms in total. The van der Waals surface area contributed by atoms with Crippen LogP contribution in [-0.2, 0) is 22.4 Å². The molecule has 6 heteroatoms. The monoisotopic (exact) mass is 388 g/mol. The molecule has 0 amide bonds. The lowest BCUT2D eigenvalue weighted by atomic mass is 9.93.